The second-order valence-corrected chi connectivity index (χ2v) is 5.79. The van der Waals surface area contributed by atoms with Crippen LogP contribution in [0.3, 0.4) is 0 Å². The molecular formula is C13H10ClN3OS. The largest absolute Gasteiger partial charge is 0.277 e. The molecule has 0 atom stereocenters. The van der Waals surface area contributed by atoms with E-state index in [-0.39, 0.29) is 10.8 Å². The Morgan fingerprint density at radius 3 is 2.89 bits per heavy atom. The molecule has 0 radical (unpaired) electrons. The lowest BCUT2D eigenvalue weighted by Crippen LogP contribution is -2.22. The van der Waals surface area contributed by atoms with Gasteiger partial charge < -0.3 is 0 Å². The van der Waals surface area contributed by atoms with Crippen molar-refractivity contribution in [3.8, 4) is 0 Å². The van der Waals surface area contributed by atoms with E-state index in [4.69, 9.17) is 11.6 Å². The lowest BCUT2D eigenvalue weighted by atomic mass is 10.2. The van der Waals surface area contributed by atoms with Gasteiger partial charge in [-0.05, 0) is 30.7 Å². The topological polar surface area (TPSA) is 47.8 Å². The van der Waals surface area contributed by atoms with E-state index in [0.717, 1.165) is 9.88 Å². The van der Waals surface area contributed by atoms with Gasteiger partial charge in [0.25, 0.3) is 5.56 Å². The van der Waals surface area contributed by atoms with Gasteiger partial charge in [0, 0.05) is 11.1 Å². The molecule has 0 aliphatic heterocycles. The minimum atomic E-state index is -0.123. The number of aromatic nitrogens is 3. The molecule has 0 aliphatic carbocycles. The molecule has 3 rings (SSSR count). The molecule has 0 unspecified atom stereocenters. The number of hydrogen-bond acceptors (Lipinski definition) is 4. The first-order chi connectivity index (χ1) is 9.15. The number of rotatable bonds is 2. The monoisotopic (exact) mass is 291 g/mol. The molecule has 96 valence electrons. The van der Waals surface area contributed by atoms with Crippen molar-refractivity contribution in [2.75, 3.05) is 0 Å². The summed E-state index contributed by atoms with van der Waals surface area (Å²) in [5, 5.41) is 1.75. The van der Waals surface area contributed by atoms with Crippen LogP contribution in [0.25, 0.3) is 10.9 Å². The summed E-state index contributed by atoms with van der Waals surface area (Å²) in [5.74, 6) is 0. The van der Waals surface area contributed by atoms with Crippen molar-refractivity contribution in [1.82, 2.24) is 14.5 Å². The highest BCUT2D eigenvalue weighted by Crippen LogP contribution is 2.16. The number of halogens is 1. The van der Waals surface area contributed by atoms with Crippen LogP contribution in [0.5, 0.6) is 0 Å². The number of benzene rings is 1. The zero-order valence-electron chi connectivity index (χ0n) is 10.1. The Balaban J connectivity index is 2.15. The lowest BCUT2D eigenvalue weighted by Gasteiger charge is -2.07. The molecule has 6 heteroatoms. The maximum atomic E-state index is 12.4. The van der Waals surface area contributed by atoms with Crippen LogP contribution in [0.2, 0.25) is 5.28 Å². The first kappa shape index (κ1) is 12.3. The fraction of sp³-hybridized carbons (Fsp3) is 0.154. The van der Waals surface area contributed by atoms with Gasteiger partial charge in [-0.1, -0.05) is 12.1 Å². The van der Waals surface area contributed by atoms with E-state index in [9.17, 15) is 4.79 Å². The number of para-hydroxylation sites is 1. The number of fused-ring (bicyclic) bond motifs is 1. The van der Waals surface area contributed by atoms with Crippen LogP contribution in [0.1, 0.15) is 9.88 Å². The number of thiazole rings is 1. The second kappa shape index (κ2) is 4.75. The molecule has 2 heterocycles. The highest BCUT2D eigenvalue weighted by molar-refractivity contribution is 7.11. The van der Waals surface area contributed by atoms with Gasteiger partial charge in [-0.25, -0.2) is 9.97 Å². The third kappa shape index (κ3) is 2.27. The summed E-state index contributed by atoms with van der Waals surface area (Å²) in [6.07, 6.45) is 1.76. The van der Waals surface area contributed by atoms with Crippen LogP contribution >= 0.6 is 22.9 Å². The highest BCUT2D eigenvalue weighted by atomic mass is 35.5. The molecule has 0 spiro atoms. The molecule has 3 aromatic rings. The maximum absolute atomic E-state index is 12.4. The molecule has 0 aliphatic rings. The Labute approximate surface area is 118 Å². The first-order valence-corrected chi connectivity index (χ1v) is 6.91. The molecular weight excluding hydrogens is 282 g/mol. The predicted octanol–water partition coefficient (Wildman–Crippen LogP) is 2.86. The third-order valence-electron chi connectivity index (χ3n) is 2.80. The van der Waals surface area contributed by atoms with Crippen LogP contribution in [0, 0.1) is 6.92 Å². The van der Waals surface area contributed by atoms with Crippen molar-refractivity contribution in [1.29, 1.82) is 0 Å². The summed E-state index contributed by atoms with van der Waals surface area (Å²) in [7, 11) is 0. The van der Waals surface area contributed by atoms with Gasteiger partial charge in [-0.15, -0.1) is 11.3 Å². The normalized spacial score (nSPS) is 11.1. The van der Waals surface area contributed by atoms with Gasteiger partial charge in [0.05, 0.1) is 22.5 Å². The van der Waals surface area contributed by atoms with Crippen molar-refractivity contribution in [3.05, 3.63) is 56.0 Å². The summed E-state index contributed by atoms with van der Waals surface area (Å²) < 4.78 is 1.47. The zero-order valence-corrected chi connectivity index (χ0v) is 11.7. The van der Waals surface area contributed by atoms with E-state index in [1.54, 1.807) is 29.7 Å². The number of hydrogen-bond donors (Lipinski definition) is 0. The van der Waals surface area contributed by atoms with Gasteiger partial charge in [0.2, 0.25) is 5.28 Å². The minimum Gasteiger partial charge on any atom is -0.277 e. The minimum absolute atomic E-state index is 0.123. The van der Waals surface area contributed by atoms with Gasteiger partial charge in [-0.2, -0.15) is 0 Å². The predicted molar refractivity (Wildman–Crippen MR) is 77.0 cm³/mol. The van der Waals surface area contributed by atoms with Crippen LogP contribution < -0.4 is 5.56 Å². The van der Waals surface area contributed by atoms with Gasteiger partial charge in [0.15, 0.2) is 0 Å². The lowest BCUT2D eigenvalue weighted by molar-refractivity contribution is 0.758. The fourth-order valence-electron chi connectivity index (χ4n) is 1.91. The Hall–Kier alpha value is -1.72. The fourth-order valence-corrected chi connectivity index (χ4v) is 2.92. The Kier molecular flexibility index (Phi) is 3.08. The molecule has 0 N–H and O–H groups in total. The van der Waals surface area contributed by atoms with Gasteiger partial charge in [0.1, 0.15) is 0 Å². The van der Waals surface area contributed by atoms with E-state index in [1.165, 1.54) is 4.57 Å². The van der Waals surface area contributed by atoms with Gasteiger partial charge in [-0.3, -0.25) is 9.36 Å². The smallest absolute Gasteiger partial charge is 0.262 e. The molecule has 0 saturated carbocycles. The van der Waals surface area contributed by atoms with E-state index in [1.807, 2.05) is 19.1 Å². The van der Waals surface area contributed by atoms with Crippen LogP contribution in [0.15, 0.2) is 35.3 Å². The van der Waals surface area contributed by atoms with Crippen molar-refractivity contribution < 1.29 is 0 Å². The summed E-state index contributed by atoms with van der Waals surface area (Å²) >= 11 is 7.65. The first-order valence-electron chi connectivity index (χ1n) is 5.71. The number of aryl methyl sites for hydroxylation is 1. The summed E-state index contributed by atoms with van der Waals surface area (Å²) in [4.78, 5) is 21.8. The summed E-state index contributed by atoms with van der Waals surface area (Å²) in [6.45, 7) is 2.33. The van der Waals surface area contributed by atoms with Crippen molar-refractivity contribution >= 4 is 33.8 Å². The van der Waals surface area contributed by atoms with Crippen molar-refractivity contribution in [2.24, 2.45) is 0 Å². The van der Waals surface area contributed by atoms with E-state index in [0.29, 0.717) is 17.4 Å². The Morgan fingerprint density at radius 1 is 1.37 bits per heavy atom. The average molecular weight is 292 g/mol. The second-order valence-electron chi connectivity index (χ2n) is 4.13. The molecule has 0 fully saturated rings. The number of nitrogens with zero attached hydrogens (tertiary/aromatic N) is 3. The summed E-state index contributed by atoms with van der Waals surface area (Å²) in [5.41, 5.74) is 0.496. The molecule has 0 saturated heterocycles. The van der Waals surface area contributed by atoms with Crippen LogP contribution in [-0.2, 0) is 6.54 Å². The summed E-state index contributed by atoms with van der Waals surface area (Å²) in [6, 6.07) is 7.20. The standard InChI is InChI=1S/C13H10ClN3OS/c1-8-15-6-9(19-8)7-17-12(18)10-4-2-3-5-11(10)16-13(17)14/h2-6H,7H2,1H3. The molecule has 0 bridgehead atoms. The van der Waals surface area contributed by atoms with Crippen LogP contribution in [0.4, 0.5) is 0 Å². The third-order valence-corrected chi connectivity index (χ3v) is 3.98. The Bertz CT molecular complexity index is 809. The molecule has 2 aromatic heterocycles. The van der Waals surface area contributed by atoms with Crippen molar-refractivity contribution in [2.45, 2.75) is 13.5 Å². The van der Waals surface area contributed by atoms with Gasteiger partial charge >= 0.3 is 0 Å². The zero-order chi connectivity index (χ0) is 13.4. The SMILES string of the molecule is Cc1ncc(Cn2c(Cl)nc3ccccc3c2=O)s1. The quantitative estimate of drug-likeness (QED) is 0.682. The molecule has 19 heavy (non-hydrogen) atoms. The van der Waals surface area contributed by atoms with Crippen molar-refractivity contribution in [3.63, 3.8) is 0 Å². The maximum Gasteiger partial charge on any atom is 0.262 e. The average Bonchev–Trinajstić information content (AvgIpc) is 2.80. The highest BCUT2D eigenvalue weighted by Gasteiger charge is 2.10. The molecule has 1 aromatic carbocycles. The molecule has 0 amide bonds. The van der Waals surface area contributed by atoms with Crippen LogP contribution in [-0.4, -0.2) is 14.5 Å². The molecule has 4 nitrogen and oxygen atoms in total. The van der Waals surface area contributed by atoms with E-state index >= 15 is 0 Å². The Morgan fingerprint density at radius 2 is 2.16 bits per heavy atom. The van der Waals surface area contributed by atoms with E-state index < -0.39 is 0 Å². The van der Waals surface area contributed by atoms with E-state index in [2.05, 4.69) is 9.97 Å².